The fourth-order valence-electron chi connectivity index (χ4n) is 2.29. The fraction of sp³-hybridized carbons (Fsp3) is 0.105. The number of nitrogens with one attached hydrogen (secondary N) is 1. The molecule has 0 unspecified atom stereocenters. The predicted octanol–water partition coefficient (Wildman–Crippen LogP) is 6.12. The predicted molar refractivity (Wildman–Crippen MR) is 98.0 cm³/mol. The van der Waals surface area contributed by atoms with Crippen LogP contribution in [0, 0.1) is 13.8 Å². The summed E-state index contributed by atoms with van der Waals surface area (Å²) < 4.78 is 5.67. The van der Waals surface area contributed by atoms with Gasteiger partial charge in [0.25, 0.3) is 5.91 Å². The largest absolute Gasteiger partial charge is 0.451 e. The molecule has 3 aromatic rings. The second kappa shape index (κ2) is 6.71. The Balaban J connectivity index is 1.83. The van der Waals surface area contributed by atoms with Crippen molar-refractivity contribution in [2.24, 2.45) is 0 Å². The number of carbonyl (C=O) groups excluding carboxylic acids is 1. The van der Waals surface area contributed by atoms with E-state index in [4.69, 9.17) is 27.6 Å². The summed E-state index contributed by atoms with van der Waals surface area (Å²) >= 11 is 12.2. The molecule has 0 saturated carbocycles. The SMILES string of the molecule is Cc1ccc(-c2ccc(C(=O)Nc3cccc(Cl)c3C)o2)cc1Cl. The van der Waals surface area contributed by atoms with E-state index in [1.807, 2.05) is 32.0 Å². The van der Waals surface area contributed by atoms with Crippen molar-refractivity contribution in [3.05, 3.63) is 75.5 Å². The Morgan fingerprint density at radius 3 is 2.54 bits per heavy atom. The first kappa shape index (κ1) is 16.6. The number of benzene rings is 2. The highest BCUT2D eigenvalue weighted by Gasteiger charge is 2.14. The van der Waals surface area contributed by atoms with Crippen LogP contribution in [0.4, 0.5) is 5.69 Å². The number of hydrogen-bond acceptors (Lipinski definition) is 2. The molecule has 1 heterocycles. The summed E-state index contributed by atoms with van der Waals surface area (Å²) in [6.45, 7) is 3.78. The summed E-state index contributed by atoms with van der Waals surface area (Å²) in [6, 6.07) is 14.4. The van der Waals surface area contributed by atoms with Gasteiger partial charge in [-0.3, -0.25) is 4.79 Å². The summed E-state index contributed by atoms with van der Waals surface area (Å²) in [5, 5.41) is 4.07. The van der Waals surface area contributed by atoms with E-state index in [2.05, 4.69) is 5.32 Å². The average molecular weight is 360 g/mol. The van der Waals surface area contributed by atoms with Crippen LogP contribution in [0.2, 0.25) is 10.0 Å². The maximum atomic E-state index is 12.4. The van der Waals surface area contributed by atoms with Crippen LogP contribution in [0.25, 0.3) is 11.3 Å². The molecule has 0 radical (unpaired) electrons. The van der Waals surface area contributed by atoms with Gasteiger partial charge in [0.1, 0.15) is 5.76 Å². The minimum absolute atomic E-state index is 0.223. The van der Waals surface area contributed by atoms with E-state index in [-0.39, 0.29) is 11.7 Å². The van der Waals surface area contributed by atoms with Gasteiger partial charge in [-0.15, -0.1) is 0 Å². The number of hydrogen-bond donors (Lipinski definition) is 1. The first-order valence-corrected chi connectivity index (χ1v) is 8.14. The molecule has 3 rings (SSSR count). The zero-order valence-corrected chi connectivity index (χ0v) is 14.7. The van der Waals surface area contributed by atoms with Crippen LogP contribution in [0.3, 0.4) is 0 Å². The smallest absolute Gasteiger partial charge is 0.291 e. The number of halogens is 2. The van der Waals surface area contributed by atoms with Crippen molar-refractivity contribution in [1.82, 2.24) is 0 Å². The lowest BCUT2D eigenvalue weighted by Gasteiger charge is -2.08. The molecule has 0 saturated heterocycles. The summed E-state index contributed by atoms with van der Waals surface area (Å²) in [4.78, 5) is 12.4. The van der Waals surface area contributed by atoms with Gasteiger partial charge in [0.15, 0.2) is 5.76 Å². The molecule has 5 heteroatoms. The molecule has 2 aromatic carbocycles. The van der Waals surface area contributed by atoms with E-state index in [0.717, 1.165) is 16.7 Å². The number of rotatable bonds is 3. The molecule has 24 heavy (non-hydrogen) atoms. The molecule has 0 aliphatic carbocycles. The standard InChI is InChI=1S/C19H15Cl2NO2/c1-11-6-7-13(10-15(11)21)17-8-9-18(24-17)19(23)22-16-5-3-4-14(20)12(16)2/h3-10H,1-2H3,(H,22,23). The molecule has 0 bridgehead atoms. The Bertz CT molecular complexity index is 915. The zero-order valence-electron chi connectivity index (χ0n) is 13.2. The van der Waals surface area contributed by atoms with E-state index in [9.17, 15) is 4.79 Å². The topological polar surface area (TPSA) is 42.2 Å². The Labute approximate surface area is 150 Å². The molecule has 0 spiro atoms. The van der Waals surface area contributed by atoms with E-state index in [0.29, 0.717) is 21.5 Å². The lowest BCUT2D eigenvalue weighted by molar-refractivity contribution is 0.0997. The second-order valence-corrected chi connectivity index (χ2v) is 6.31. The third kappa shape index (κ3) is 3.32. The number of aryl methyl sites for hydroxylation is 1. The molecule has 1 N–H and O–H groups in total. The second-order valence-electron chi connectivity index (χ2n) is 5.49. The quantitative estimate of drug-likeness (QED) is 0.611. The fourth-order valence-corrected chi connectivity index (χ4v) is 2.64. The van der Waals surface area contributed by atoms with Gasteiger partial charge >= 0.3 is 0 Å². The van der Waals surface area contributed by atoms with Gasteiger partial charge in [0.05, 0.1) is 0 Å². The van der Waals surface area contributed by atoms with Gasteiger partial charge in [0.2, 0.25) is 0 Å². The third-order valence-corrected chi connectivity index (χ3v) is 4.62. The van der Waals surface area contributed by atoms with Gasteiger partial charge in [-0.1, -0.05) is 41.4 Å². The lowest BCUT2D eigenvalue weighted by atomic mass is 10.1. The Morgan fingerprint density at radius 1 is 1.00 bits per heavy atom. The highest BCUT2D eigenvalue weighted by molar-refractivity contribution is 6.32. The van der Waals surface area contributed by atoms with Crippen molar-refractivity contribution in [2.75, 3.05) is 5.32 Å². The minimum atomic E-state index is -0.329. The van der Waals surface area contributed by atoms with Crippen molar-refractivity contribution in [3.63, 3.8) is 0 Å². The minimum Gasteiger partial charge on any atom is -0.451 e. The summed E-state index contributed by atoms with van der Waals surface area (Å²) in [7, 11) is 0. The first-order valence-electron chi connectivity index (χ1n) is 7.38. The first-order chi connectivity index (χ1) is 11.5. The number of carbonyl (C=O) groups is 1. The Morgan fingerprint density at radius 2 is 1.79 bits per heavy atom. The normalized spacial score (nSPS) is 10.7. The van der Waals surface area contributed by atoms with Crippen LogP contribution in [-0.4, -0.2) is 5.91 Å². The van der Waals surface area contributed by atoms with Gasteiger partial charge in [-0.05, 0) is 55.3 Å². The number of amides is 1. The summed E-state index contributed by atoms with van der Waals surface area (Å²) in [6.07, 6.45) is 0. The van der Waals surface area contributed by atoms with Gasteiger partial charge < -0.3 is 9.73 Å². The molecule has 0 aliphatic rings. The lowest BCUT2D eigenvalue weighted by Crippen LogP contribution is -2.11. The van der Waals surface area contributed by atoms with Crippen LogP contribution >= 0.6 is 23.2 Å². The van der Waals surface area contributed by atoms with Crippen LogP contribution < -0.4 is 5.32 Å². The average Bonchev–Trinajstić information content (AvgIpc) is 3.04. The van der Waals surface area contributed by atoms with Crippen molar-refractivity contribution < 1.29 is 9.21 Å². The van der Waals surface area contributed by atoms with E-state index >= 15 is 0 Å². The Hall–Kier alpha value is -2.23. The molecule has 1 amide bonds. The highest BCUT2D eigenvalue weighted by Crippen LogP contribution is 2.28. The molecule has 0 aliphatic heterocycles. The van der Waals surface area contributed by atoms with Crippen molar-refractivity contribution in [2.45, 2.75) is 13.8 Å². The van der Waals surface area contributed by atoms with Crippen LogP contribution in [-0.2, 0) is 0 Å². The molecule has 3 nitrogen and oxygen atoms in total. The monoisotopic (exact) mass is 359 g/mol. The molecule has 0 atom stereocenters. The molecular formula is C19H15Cl2NO2. The van der Waals surface area contributed by atoms with E-state index in [1.165, 1.54) is 0 Å². The van der Waals surface area contributed by atoms with E-state index < -0.39 is 0 Å². The van der Waals surface area contributed by atoms with Crippen molar-refractivity contribution in [3.8, 4) is 11.3 Å². The van der Waals surface area contributed by atoms with Crippen LogP contribution in [0.15, 0.2) is 52.9 Å². The Kier molecular flexibility index (Phi) is 4.65. The summed E-state index contributed by atoms with van der Waals surface area (Å²) in [5.74, 6) is 0.482. The molecule has 0 fully saturated rings. The maximum Gasteiger partial charge on any atom is 0.291 e. The van der Waals surface area contributed by atoms with Gasteiger partial charge in [-0.25, -0.2) is 0 Å². The van der Waals surface area contributed by atoms with Gasteiger partial charge in [0, 0.05) is 21.3 Å². The molecular weight excluding hydrogens is 345 g/mol. The zero-order chi connectivity index (χ0) is 17.3. The molecule has 1 aromatic heterocycles. The highest BCUT2D eigenvalue weighted by atomic mass is 35.5. The number of anilines is 1. The number of furan rings is 1. The van der Waals surface area contributed by atoms with E-state index in [1.54, 1.807) is 30.3 Å². The van der Waals surface area contributed by atoms with Crippen LogP contribution in [0.5, 0.6) is 0 Å². The van der Waals surface area contributed by atoms with Crippen molar-refractivity contribution >= 4 is 34.8 Å². The summed E-state index contributed by atoms with van der Waals surface area (Å²) in [5.41, 5.74) is 3.28. The van der Waals surface area contributed by atoms with Gasteiger partial charge in [-0.2, -0.15) is 0 Å². The molecule has 122 valence electrons. The maximum absolute atomic E-state index is 12.4. The van der Waals surface area contributed by atoms with Crippen molar-refractivity contribution in [1.29, 1.82) is 0 Å². The van der Waals surface area contributed by atoms with Crippen LogP contribution in [0.1, 0.15) is 21.7 Å². The third-order valence-electron chi connectivity index (χ3n) is 3.80.